The number of aromatic nitrogens is 5. The van der Waals surface area contributed by atoms with Crippen LogP contribution in [-0.2, 0) is 0 Å². The summed E-state index contributed by atoms with van der Waals surface area (Å²) in [6, 6.07) is 20.9. The summed E-state index contributed by atoms with van der Waals surface area (Å²) >= 11 is 0. The van der Waals surface area contributed by atoms with E-state index in [0.29, 0.717) is 6.04 Å². The first-order valence-electron chi connectivity index (χ1n) is 10.7. The van der Waals surface area contributed by atoms with Crippen molar-refractivity contribution in [1.82, 2.24) is 29.5 Å². The number of pyridine rings is 1. The number of rotatable bonds is 4. The van der Waals surface area contributed by atoms with Crippen LogP contribution in [0.4, 0.5) is 4.39 Å². The van der Waals surface area contributed by atoms with Gasteiger partial charge in [0.1, 0.15) is 5.82 Å². The monoisotopic (exact) mass is 424 g/mol. The molecule has 1 fully saturated rings. The van der Waals surface area contributed by atoms with Crippen molar-refractivity contribution in [3.05, 3.63) is 85.1 Å². The molecule has 0 spiro atoms. The Hall–Kier alpha value is -3.84. The van der Waals surface area contributed by atoms with Crippen molar-refractivity contribution < 1.29 is 4.39 Å². The van der Waals surface area contributed by atoms with Gasteiger partial charge in [-0.2, -0.15) is 0 Å². The SMILES string of the molecule is Fc1ccc(-c2ncn(C3CCNC3)c2-c2ccc3nnc(-c4ccccc4)n3c2)cc1. The molecule has 6 rings (SSSR count). The molecule has 4 heterocycles. The maximum Gasteiger partial charge on any atom is 0.168 e. The summed E-state index contributed by atoms with van der Waals surface area (Å²) < 4.78 is 17.8. The van der Waals surface area contributed by atoms with Crippen LogP contribution in [0.15, 0.2) is 79.3 Å². The summed E-state index contributed by atoms with van der Waals surface area (Å²) in [6.45, 7) is 1.88. The van der Waals surface area contributed by atoms with Crippen molar-refractivity contribution >= 4 is 5.65 Å². The van der Waals surface area contributed by atoms with Crippen molar-refractivity contribution in [2.45, 2.75) is 12.5 Å². The first-order chi connectivity index (χ1) is 15.8. The third-order valence-corrected chi connectivity index (χ3v) is 6.05. The largest absolute Gasteiger partial charge is 0.326 e. The van der Waals surface area contributed by atoms with Gasteiger partial charge >= 0.3 is 0 Å². The van der Waals surface area contributed by atoms with E-state index >= 15 is 0 Å². The molecule has 0 saturated carbocycles. The van der Waals surface area contributed by atoms with Crippen LogP contribution in [0.2, 0.25) is 0 Å². The average molecular weight is 424 g/mol. The van der Waals surface area contributed by atoms with Crippen molar-refractivity contribution in [1.29, 1.82) is 0 Å². The van der Waals surface area contributed by atoms with Gasteiger partial charge in [-0.3, -0.25) is 4.40 Å². The lowest BCUT2D eigenvalue weighted by atomic mass is 10.0. The second-order valence-corrected chi connectivity index (χ2v) is 8.04. The van der Waals surface area contributed by atoms with Crippen molar-refractivity contribution in [2.24, 2.45) is 0 Å². The van der Waals surface area contributed by atoms with E-state index < -0.39 is 0 Å². The molecule has 2 aromatic carbocycles. The van der Waals surface area contributed by atoms with Crippen LogP contribution in [0.5, 0.6) is 0 Å². The molecule has 1 aliphatic rings. The number of hydrogen-bond donors (Lipinski definition) is 1. The molecule has 3 aromatic heterocycles. The second-order valence-electron chi connectivity index (χ2n) is 8.04. The van der Waals surface area contributed by atoms with Gasteiger partial charge in [0.25, 0.3) is 0 Å². The third-order valence-electron chi connectivity index (χ3n) is 6.05. The predicted molar refractivity (Wildman–Crippen MR) is 122 cm³/mol. The van der Waals surface area contributed by atoms with Crippen LogP contribution in [0.1, 0.15) is 12.5 Å². The fraction of sp³-hybridized carbons (Fsp3) is 0.160. The zero-order chi connectivity index (χ0) is 21.5. The lowest BCUT2D eigenvalue weighted by molar-refractivity contribution is 0.551. The Bertz CT molecular complexity index is 1380. The van der Waals surface area contributed by atoms with E-state index in [0.717, 1.165) is 59.1 Å². The molecule has 0 amide bonds. The van der Waals surface area contributed by atoms with Gasteiger partial charge < -0.3 is 9.88 Å². The molecule has 7 heteroatoms. The van der Waals surface area contributed by atoms with Crippen LogP contribution in [0.3, 0.4) is 0 Å². The molecule has 0 bridgehead atoms. The van der Waals surface area contributed by atoms with Crippen molar-refractivity contribution in [3.63, 3.8) is 0 Å². The van der Waals surface area contributed by atoms with E-state index in [1.807, 2.05) is 47.1 Å². The Morgan fingerprint density at radius 2 is 1.69 bits per heavy atom. The van der Waals surface area contributed by atoms with Crippen LogP contribution in [-0.4, -0.2) is 37.2 Å². The number of nitrogens with one attached hydrogen (secondary N) is 1. The highest BCUT2D eigenvalue weighted by atomic mass is 19.1. The lowest BCUT2D eigenvalue weighted by Crippen LogP contribution is -2.13. The zero-order valence-electron chi connectivity index (χ0n) is 17.3. The van der Waals surface area contributed by atoms with Gasteiger partial charge in [0.05, 0.1) is 17.7 Å². The Labute approximate surface area is 184 Å². The number of benzene rings is 2. The summed E-state index contributed by atoms with van der Waals surface area (Å²) in [7, 11) is 0. The van der Waals surface area contributed by atoms with E-state index in [-0.39, 0.29) is 5.82 Å². The Balaban J connectivity index is 1.55. The second kappa shape index (κ2) is 7.69. The third kappa shape index (κ3) is 3.18. The van der Waals surface area contributed by atoms with Crippen LogP contribution < -0.4 is 5.32 Å². The average Bonchev–Trinajstić information content (AvgIpc) is 3.58. The number of fused-ring (bicyclic) bond motifs is 1. The maximum absolute atomic E-state index is 13.6. The number of halogens is 1. The first-order valence-corrected chi connectivity index (χ1v) is 10.7. The minimum atomic E-state index is -0.256. The quantitative estimate of drug-likeness (QED) is 0.458. The highest BCUT2D eigenvalue weighted by Crippen LogP contribution is 2.35. The lowest BCUT2D eigenvalue weighted by Gasteiger charge is -2.16. The maximum atomic E-state index is 13.6. The fourth-order valence-corrected chi connectivity index (χ4v) is 4.43. The van der Waals surface area contributed by atoms with Gasteiger partial charge in [-0.1, -0.05) is 30.3 Å². The summed E-state index contributed by atoms with van der Waals surface area (Å²) in [5, 5.41) is 12.2. The molecule has 1 unspecified atom stereocenters. The topological polar surface area (TPSA) is 60.0 Å². The highest BCUT2D eigenvalue weighted by Gasteiger charge is 2.24. The van der Waals surface area contributed by atoms with E-state index in [1.165, 1.54) is 12.1 Å². The molecule has 32 heavy (non-hydrogen) atoms. The summed E-state index contributed by atoms with van der Waals surface area (Å²) in [4.78, 5) is 4.76. The molecule has 5 aromatic rings. The molecule has 1 aliphatic heterocycles. The number of hydrogen-bond acceptors (Lipinski definition) is 4. The van der Waals surface area contributed by atoms with Gasteiger partial charge in [0.15, 0.2) is 11.5 Å². The van der Waals surface area contributed by atoms with Gasteiger partial charge in [-0.25, -0.2) is 9.37 Å². The highest BCUT2D eigenvalue weighted by molar-refractivity contribution is 5.79. The summed E-state index contributed by atoms with van der Waals surface area (Å²) in [5.74, 6) is 0.535. The van der Waals surface area contributed by atoms with E-state index in [9.17, 15) is 4.39 Å². The van der Waals surface area contributed by atoms with Crippen molar-refractivity contribution in [2.75, 3.05) is 13.1 Å². The molecule has 1 N–H and O–H groups in total. The molecular weight excluding hydrogens is 403 g/mol. The normalized spacial score (nSPS) is 16.1. The molecule has 1 saturated heterocycles. The van der Waals surface area contributed by atoms with Crippen molar-refractivity contribution in [3.8, 4) is 33.9 Å². The van der Waals surface area contributed by atoms with Gasteiger partial charge in [-0.15, -0.1) is 10.2 Å². The Morgan fingerprint density at radius 1 is 0.875 bits per heavy atom. The molecule has 1 atom stereocenters. The molecule has 0 radical (unpaired) electrons. The van der Waals surface area contributed by atoms with E-state index in [4.69, 9.17) is 4.98 Å². The Kier molecular flexibility index (Phi) is 4.54. The molecular formula is C25H21FN6. The molecule has 6 nitrogen and oxygen atoms in total. The van der Waals surface area contributed by atoms with Gasteiger partial charge in [0, 0.05) is 35.5 Å². The smallest absolute Gasteiger partial charge is 0.168 e. The summed E-state index contributed by atoms with van der Waals surface area (Å²) in [5.41, 5.74) is 5.54. The van der Waals surface area contributed by atoms with Gasteiger partial charge in [-0.05, 0) is 49.4 Å². The van der Waals surface area contributed by atoms with E-state index in [1.54, 1.807) is 12.1 Å². The minimum absolute atomic E-state index is 0.256. The number of nitrogens with zero attached hydrogens (tertiary/aromatic N) is 5. The van der Waals surface area contributed by atoms with Crippen LogP contribution >= 0.6 is 0 Å². The zero-order valence-corrected chi connectivity index (χ0v) is 17.3. The molecule has 0 aliphatic carbocycles. The molecule has 158 valence electrons. The summed E-state index contributed by atoms with van der Waals surface area (Å²) in [6.07, 6.45) is 5.01. The predicted octanol–water partition coefficient (Wildman–Crippen LogP) is 4.60. The number of imidazole rings is 1. The van der Waals surface area contributed by atoms with Crippen LogP contribution in [0, 0.1) is 5.82 Å². The standard InChI is InChI=1S/C25H21FN6/c26-20-9-6-17(7-10-20)23-24(32(16-28-23)21-12-13-27-14-21)19-8-11-22-29-30-25(31(22)15-19)18-4-2-1-3-5-18/h1-11,15-16,21,27H,12-14H2. The van der Waals surface area contributed by atoms with E-state index in [2.05, 4.69) is 32.3 Å². The first kappa shape index (κ1) is 18.9. The Morgan fingerprint density at radius 3 is 2.47 bits per heavy atom. The minimum Gasteiger partial charge on any atom is -0.326 e. The fourth-order valence-electron chi connectivity index (χ4n) is 4.43. The van der Waals surface area contributed by atoms with Crippen LogP contribution in [0.25, 0.3) is 39.5 Å². The van der Waals surface area contributed by atoms with Gasteiger partial charge in [0.2, 0.25) is 0 Å².